The molecule has 0 unspecified atom stereocenters. The maximum Gasteiger partial charge on any atom is 0.237 e. The predicted octanol–water partition coefficient (Wildman–Crippen LogP) is 1.87. The molecule has 6 nitrogen and oxygen atoms in total. The smallest absolute Gasteiger partial charge is 0.237 e. The van der Waals surface area contributed by atoms with Crippen molar-refractivity contribution in [1.82, 2.24) is 14.8 Å². The number of thiazole rings is 1. The first kappa shape index (κ1) is 18.5. The van der Waals surface area contributed by atoms with E-state index in [1.807, 2.05) is 40.6 Å². The Morgan fingerprint density at radius 2 is 1.92 bits per heavy atom. The summed E-state index contributed by atoms with van der Waals surface area (Å²) in [6.07, 6.45) is 3.22. The highest BCUT2D eigenvalue weighted by atomic mass is 32.1. The summed E-state index contributed by atoms with van der Waals surface area (Å²) >= 11 is 1.56. The molecule has 2 aromatic rings. The second-order valence-electron chi connectivity index (χ2n) is 6.61. The van der Waals surface area contributed by atoms with E-state index < -0.39 is 0 Å². The average molecular weight is 372 g/mol. The summed E-state index contributed by atoms with van der Waals surface area (Å²) < 4.78 is 0. The number of aromatic nitrogens is 1. The molecule has 0 radical (unpaired) electrons. The molecule has 138 valence electrons. The van der Waals surface area contributed by atoms with E-state index in [0.717, 1.165) is 36.5 Å². The van der Waals surface area contributed by atoms with Gasteiger partial charge in [-0.1, -0.05) is 30.3 Å². The Morgan fingerprint density at radius 1 is 1.19 bits per heavy atom. The molecule has 2 N–H and O–H groups in total. The molecule has 3 rings (SSSR count). The van der Waals surface area contributed by atoms with Crippen molar-refractivity contribution in [2.45, 2.75) is 25.9 Å². The predicted molar refractivity (Wildman–Crippen MR) is 101 cm³/mol. The van der Waals surface area contributed by atoms with Crippen LogP contribution in [0.2, 0.25) is 0 Å². The van der Waals surface area contributed by atoms with Crippen LogP contribution in [0.25, 0.3) is 0 Å². The second kappa shape index (κ2) is 8.91. The van der Waals surface area contributed by atoms with Crippen LogP contribution in [-0.4, -0.2) is 46.2 Å². The molecule has 2 amide bonds. The van der Waals surface area contributed by atoms with Crippen LogP contribution in [0.1, 0.15) is 23.4 Å². The van der Waals surface area contributed by atoms with E-state index in [9.17, 15) is 9.59 Å². The highest BCUT2D eigenvalue weighted by Gasteiger charge is 2.26. The Labute approximate surface area is 157 Å². The number of rotatable bonds is 7. The normalized spacial score (nSPS) is 15.7. The van der Waals surface area contributed by atoms with Crippen molar-refractivity contribution in [3.8, 4) is 0 Å². The first-order valence-electron chi connectivity index (χ1n) is 8.83. The van der Waals surface area contributed by atoms with E-state index >= 15 is 0 Å². The monoisotopic (exact) mass is 372 g/mol. The number of nitrogens with zero attached hydrogens (tertiary/aromatic N) is 3. The Balaban J connectivity index is 1.62. The third-order valence-electron chi connectivity index (χ3n) is 4.73. The van der Waals surface area contributed by atoms with Crippen molar-refractivity contribution in [2.75, 3.05) is 19.6 Å². The Hall–Kier alpha value is -2.25. The summed E-state index contributed by atoms with van der Waals surface area (Å²) in [6.45, 7) is 2.91. The summed E-state index contributed by atoms with van der Waals surface area (Å²) in [7, 11) is 0. The number of hydrogen-bond donors (Lipinski definition) is 1. The summed E-state index contributed by atoms with van der Waals surface area (Å²) in [5.41, 5.74) is 6.49. The third-order valence-corrected chi connectivity index (χ3v) is 5.49. The fourth-order valence-electron chi connectivity index (χ4n) is 3.20. The average Bonchev–Trinajstić information content (AvgIpc) is 3.15. The Bertz CT molecular complexity index is 712. The fourth-order valence-corrected chi connectivity index (χ4v) is 3.83. The van der Waals surface area contributed by atoms with Gasteiger partial charge in [-0.15, -0.1) is 11.3 Å². The van der Waals surface area contributed by atoms with Crippen LogP contribution in [0.5, 0.6) is 0 Å². The van der Waals surface area contributed by atoms with Gasteiger partial charge in [-0.3, -0.25) is 14.5 Å². The van der Waals surface area contributed by atoms with Gasteiger partial charge in [-0.2, -0.15) is 0 Å². The van der Waals surface area contributed by atoms with Crippen molar-refractivity contribution in [3.63, 3.8) is 0 Å². The van der Waals surface area contributed by atoms with E-state index in [0.29, 0.717) is 19.6 Å². The number of amides is 2. The molecule has 1 aromatic heterocycles. The minimum absolute atomic E-state index is 0.0582. The van der Waals surface area contributed by atoms with Gasteiger partial charge in [0.05, 0.1) is 13.1 Å². The zero-order valence-electron chi connectivity index (χ0n) is 14.7. The van der Waals surface area contributed by atoms with Crippen molar-refractivity contribution in [2.24, 2.45) is 11.7 Å². The Kier molecular flexibility index (Phi) is 6.35. The minimum Gasteiger partial charge on any atom is -0.369 e. The van der Waals surface area contributed by atoms with Crippen molar-refractivity contribution in [1.29, 1.82) is 0 Å². The Morgan fingerprint density at radius 3 is 2.54 bits per heavy atom. The van der Waals surface area contributed by atoms with Gasteiger partial charge in [0.15, 0.2) is 0 Å². The second-order valence-corrected chi connectivity index (χ2v) is 7.59. The molecular weight excluding hydrogens is 348 g/mol. The number of piperidine rings is 1. The standard InChI is InChI=1S/C19H24N4O2S/c20-19(25)16-6-9-22(10-7-16)14-18(24)23(13-17-21-8-11-26-17)12-15-4-2-1-3-5-15/h1-5,8,11,16H,6-7,9-10,12-14H2,(H2,20,25). The summed E-state index contributed by atoms with van der Waals surface area (Å²) in [6, 6.07) is 9.99. The maximum atomic E-state index is 12.9. The van der Waals surface area contributed by atoms with E-state index in [-0.39, 0.29) is 17.7 Å². The topological polar surface area (TPSA) is 79.5 Å². The van der Waals surface area contributed by atoms with Crippen LogP contribution in [-0.2, 0) is 22.7 Å². The molecular formula is C19H24N4O2S. The van der Waals surface area contributed by atoms with Crippen LogP contribution in [0.4, 0.5) is 0 Å². The molecule has 1 aliphatic rings. The van der Waals surface area contributed by atoms with Gasteiger partial charge in [-0.05, 0) is 31.5 Å². The number of likely N-dealkylation sites (tertiary alicyclic amines) is 1. The lowest BCUT2D eigenvalue weighted by molar-refractivity contribution is -0.134. The summed E-state index contributed by atoms with van der Waals surface area (Å²) in [4.78, 5) is 32.5. The molecule has 0 spiro atoms. The fraction of sp³-hybridized carbons (Fsp3) is 0.421. The number of primary amides is 1. The van der Waals surface area contributed by atoms with Crippen LogP contribution >= 0.6 is 11.3 Å². The summed E-state index contributed by atoms with van der Waals surface area (Å²) in [5.74, 6) is -0.205. The van der Waals surface area contributed by atoms with Crippen molar-refractivity contribution < 1.29 is 9.59 Å². The molecule has 7 heteroatoms. The lowest BCUT2D eigenvalue weighted by atomic mass is 9.96. The van der Waals surface area contributed by atoms with Gasteiger partial charge in [0.2, 0.25) is 11.8 Å². The van der Waals surface area contributed by atoms with Gasteiger partial charge in [0, 0.05) is 24.0 Å². The van der Waals surface area contributed by atoms with Crippen LogP contribution in [0.15, 0.2) is 41.9 Å². The van der Waals surface area contributed by atoms with Crippen LogP contribution in [0, 0.1) is 5.92 Å². The van der Waals surface area contributed by atoms with E-state index in [4.69, 9.17) is 5.73 Å². The number of benzene rings is 1. The zero-order valence-corrected chi connectivity index (χ0v) is 15.5. The molecule has 1 saturated heterocycles. The van der Waals surface area contributed by atoms with Gasteiger partial charge < -0.3 is 10.6 Å². The SMILES string of the molecule is NC(=O)C1CCN(CC(=O)N(Cc2ccccc2)Cc2nccs2)CC1. The number of carbonyl (C=O) groups excluding carboxylic acids is 2. The minimum atomic E-state index is -0.231. The van der Waals surface area contributed by atoms with Gasteiger partial charge in [0.1, 0.15) is 5.01 Å². The van der Waals surface area contributed by atoms with Crippen LogP contribution in [0.3, 0.4) is 0 Å². The highest BCUT2D eigenvalue weighted by Crippen LogP contribution is 2.18. The van der Waals surface area contributed by atoms with Gasteiger partial charge in [0.25, 0.3) is 0 Å². The van der Waals surface area contributed by atoms with Gasteiger partial charge >= 0.3 is 0 Å². The highest BCUT2D eigenvalue weighted by molar-refractivity contribution is 7.09. The first-order chi connectivity index (χ1) is 12.6. The molecule has 0 bridgehead atoms. The number of hydrogen-bond acceptors (Lipinski definition) is 5. The molecule has 2 heterocycles. The number of nitrogens with two attached hydrogens (primary N) is 1. The molecule has 1 fully saturated rings. The van der Waals surface area contributed by atoms with Crippen molar-refractivity contribution in [3.05, 3.63) is 52.5 Å². The quantitative estimate of drug-likeness (QED) is 0.805. The molecule has 1 aromatic carbocycles. The molecule has 0 saturated carbocycles. The zero-order chi connectivity index (χ0) is 18.4. The lowest BCUT2D eigenvalue weighted by Crippen LogP contribution is -2.44. The summed E-state index contributed by atoms with van der Waals surface area (Å²) in [5, 5.41) is 2.86. The third kappa shape index (κ3) is 5.12. The van der Waals surface area contributed by atoms with Crippen molar-refractivity contribution >= 4 is 23.2 Å². The molecule has 0 aliphatic carbocycles. The molecule has 1 aliphatic heterocycles. The molecule has 0 atom stereocenters. The molecule has 26 heavy (non-hydrogen) atoms. The van der Waals surface area contributed by atoms with Crippen LogP contribution < -0.4 is 5.73 Å². The maximum absolute atomic E-state index is 12.9. The van der Waals surface area contributed by atoms with E-state index in [1.165, 1.54) is 0 Å². The number of carbonyl (C=O) groups is 2. The van der Waals surface area contributed by atoms with Gasteiger partial charge in [-0.25, -0.2) is 4.98 Å². The first-order valence-corrected chi connectivity index (χ1v) is 9.71. The largest absolute Gasteiger partial charge is 0.369 e. The van der Waals surface area contributed by atoms with E-state index in [1.54, 1.807) is 17.5 Å². The lowest BCUT2D eigenvalue weighted by Gasteiger charge is -2.32. The van der Waals surface area contributed by atoms with E-state index in [2.05, 4.69) is 9.88 Å².